The van der Waals surface area contributed by atoms with Gasteiger partial charge in [-0.15, -0.1) is 0 Å². The average Bonchev–Trinajstić information content (AvgIpc) is 2.98. The number of nitrogens with zero attached hydrogens (tertiary/aromatic N) is 1. The first-order valence-corrected chi connectivity index (χ1v) is 6.38. The van der Waals surface area contributed by atoms with Gasteiger partial charge in [-0.2, -0.15) is 0 Å². The number of benzene rings is 1. The van der Waals surface area contributed by atoms with Gasteiger partial charge in [0.15, 0.2) is 6.04 Å². The lowest BCUT2D eigenvalue weighted by Crippen LogP contribution is -2.41. The van der Waals surface area contributed by atoms with Crippen molar-refractivity contribution in [1.29, 1.82) is 0 Å². The molecule has 6 heteroatoms. The summed E-state index contributed by atoms with van der Waals surface area (Å²) >= 11 is 0. The third-order valence-electron chi connectivity index (χ3n) is 2.99. The van der Waals surface area contributed by atoms with Gasteiger partial charge in [-0.3, -0.25) is 0 Å². The molecule has 2 aromatic rings. The maximum Gasteiger partial charge on any atom is 0.330 e. The number of hydrogen-bond acceptors (Lipinski definition) is 3. The van der Waals surface area contributed by atoms with Crippen LogP contribution in [0.2, 0.25) is 0 Å². The van der Waals surface area contributed by atoms with Crippen LogP contribution in [0, 0.1) is 0 Å². The van der Waals surface area contributed by atoms with Crippen LogP contribution < -0.4 is 5.32 Å². The zero-order valence-corrected chi connectivity index (χ0v) is 11.5. The second-order valence-corrected chi connectivity index (χ2v) is 4.62. The van der Waals surface area contributed by atoms with E-state index >= 15 is 0 Å². The lowest BCUT2D eigenvalue weighted by molar-refractivity contribution is -0.139. The fraction of sp³-hybridized carbons (Fsp3) is 0.200. The standard InChI is InChI=1S/C15H16N2O4/c1-17(9-11-7-8-21-10-11)15(20)16-13(14(18)19)12-5-3-2-4-6-12/h2-8,10,13H,9H2,1H3,(H,16,20)(H,18,19)/t13-/m0/s1. The maximum absolute atomic E-state index is 12.1. The minimum absolute atomic E-state index is 0.337. The molecule has 1 atom stereocenters. The molecule has 0 aliphatic carbocycles. The van der Waals surface area contributed by atoms with Crippen LogP contribution >= 0.6 is 0 Å². The van der Waals surface area contributed by atoms with Gasteiger partial charge in [0.1, 0.15) is 0 Å². The molecule has 1 aromatic heterocycles. The molecule has 0 saturated heterocycles. The highest BCUT2D eigenvalue weighted by molar-refractivity contribution is 5.83. The number of carboxylic acid groups (broad SMARTS) is 1. The fourth-order valence-electron chi connectivity index (χ4n) is 1.90. The van der Waals surface area contributed by atoms with Crippen molar-refractivity contribution in [3.63, 3.8) is 0 Å². The Morgan fingerprint density at radius 2 is 2.00 bits per heavy atom. The molecule has 0 aliphatic heterocycles. The van der Waals surface area contributed by atoms with Gasteiger partial charge in [-0.25, -0.2) is 9.59 Å². The van der Waals surface area contributed by atoms with Crippen LogP contribution in [0.4, 0.5) is 4.79 Å². The summed E-state index contributed by atoms with van der Waals surface area (Å²) in [6.45, 7) is 0.337. The van der Waals surface area contributed by atoms with E-state index in [0.29, 0.717) is 12.1 Å². The largest absolute Gasteiger partial charge is 0.479 e. The first kappa shape index (κ1) is 14.6. The second-order valence-electron chi connectivity index (χ2n) is 4.62. The van der Waals surface area contributed by atoms with E-state index in [9.17, 15) is 14.7 Å². The molecule has 0 aliphatic rings. The van der Waals surface area contributed by atoms with Crippen molar-refractivity contribution in [2.24, 2.45) is 0 Å². The molecule has 2 amide bonds. The molecule has 1 aromatic carbocycles. The number of carbonyl (C=O) groups is 2. The molecule has 21 heavy (non-hydrogen) atoms. The summed E-state index contributed by atoms with van der Waals surface area (Å²) in [7, 11) is 1.59. The van der Waals surface area contributed by atoms with Crippen molar-refractivity contribution >= 4 is 12.0 Å². The van der Waals surface area contributed by atoms with Gasteiger partial charge in [0.25, 0.3) is 0 Å². The fourth-order valence-corrected chi connectivity index (χ4v) is 1.90. The lowest BCUT2D eigenvalue weighted by atomic mass is 10.1. The van der Waals surface area contributed by atoms with Gasteiger partial charge < -0.3 is 19.7 Å². The average molecular weight is 288 g/mol. The number of nitrogens with one attached hydrogen (secondary N) is 1. The minimum Gasteiger partial charge on any atom is -0.479 e. The van der Waals surface area contributed by atoms with E-state index in [1.165, 1.54) is 17.4 Å². The predicted octanol–water partition coefficient (Wildman–Crippen LogP) is 2.25. The number of carboxylic acids is 1. The van der Waals surface area contributed by atoms with Crippen molar-refractivity contribution in [3.05, 3.63) is 60.1 Å². The Labute approximate surface area is 122 Å². The molecule has 2 N–H and O–H groups in total. The van der Waals surface area contributed by atoms with Crippen molar-refractivity contribution < 1.29 is 19.1 Å². The van der Waals surface area contributed by atoms with Crippen LogP contribution in [0.25, 0.3) is 0 Å². The summed E-state index contributed by atoms with van der Waals surface area (Å²) < 4.78 is 4.93. The topological polar surface area (TPSA) is 82.8 Å². The second kappa shape index (κ2) is 6.60. The summed E-state index contributed by atoms with van der Waals surface area (Å²) in [5.74, 6) is -1.11. The molecule has 0 radical (unpaired) electrons. The Morgan fingerprint density at radius 1 is 1.29 bits per heavy atom. The molecule has 0 spiro atoms. The van der Waals surface area contributed by atoms with E-state index in [0.717, 1.165) is 5.56 Å². The van der Waals surface area contributed by atoms with E-state index in [1.54, 1.807) is 43.4 Å². The highest BCUT2D eigenvalue weighted by Crippen LogP contribution is 2.13. The molecule has 110 valence electrons. The van der Waals surface area contributed by atoms with Crippen LogP contribution in [0.15, 0.2) is 53.3 Å². The number of urea groups is 1. The molecule has 1 heterocycles. The van der Waals surface area contributed by atoms with Gasteiger partial charge >= 0.3 is 12.0 Å². The Morgan fingerprint density at radius 3 is 2.57 bits per heavy atom. The molecule has 2 rings (SSSR count). The quantitative estimate of drug-likeness (QED) is 0.884. The summed E-state index contributed by atoms with van der Waals surface area (Å²) in [5, 5.41) is 11.8. The summed E-state index contributed by atoms with van der Waals surface area (Å²) in [4.78, 5) is 24.8. The lowest BCUT2D eigenvalue weighted by Gasteiger charge is -2.21. The first-order valence-electron chi connectivity index (χ1n) is 6.38. The van der Waals surface area contributed by atoms with E-state index in [-0.39, 0.29) is 0 Å². The number of amides is 2. The Bertz CT molecular complexity index is 595. The van der Waals surface area contributed by atoms with Gasteiger partial charge in [0.05, 0.1) is 19.1 Å². The zero-order chi connectivity index (χ0) is 15.2. The van der Waals surface area contributed by atoms with E-state index in [4.69, 9.17) is 4.42 Å². The van der Waals surface area contributed by atoms with Crippen LogP contribution in [0.3, 0.4) is 0 Å². The normalized spacial score (nSPS) is 11.7. The van der Waals surface area contributed by atoms with Crippen molar-refractivity contribution in [2.45, 2.75) is 12.6 Å². The third-order valence-corrected chi connectivity index (χ3v) is 2.99. The number of furan rings is 1. The smallest absolute Gasteiger partial charge is 0.330 e. The van der Waals surface area contributed by atoms with E-state index in [1.807, 2.05) is 0 Å². The SMILES string of the molecule is CN(Cc1ccoc1)C(=O)N[C@H](C(=O)O)c1ccccc1. The van der Waals surface area contributed by atoms with E-state index in [2.05, 4.69) is 5.32 Å². The third kappa shape index (κ3) is 3.85. The Balaban J connectivity index is 2.03. The Hall–Kier alpha value is -2.76. The van der Waals surface area contributed by atoms with Gasteiger partial charge in [0.2, 0.25) is 0 Å². The summed E-state index contributed by atoms with van der Waals surface area (Å²) in [5.41, 5.74) is 1.36. The summed E-state index contributed by atoms with van der Waals surface area (Å²) in [6, 6.07) is 8.77. The van der Waals surface area contributed by atoms with Crippen LogP contribution in [-0.4, -0.2) is 29.1 Å². The van der Waals surface area contributed by atoms with Gasteiger partial charge in [0, 0.05) is 12.6 Å². The van der Waals surface area contributed by atoms with Crippen molar-refractivity contribution in [3.8, 4) is 0 Å². The van der Waals surface area contributed by atoms with Gasteiger partial charge in [-0.05, 0) is 11.6 Å². The highest BCUT2D eigenvalue weighted by Gasteiger charge is 2.23. The zero-order valence-electron chi connectivity index (χ0n) is 11.5. The molecular formula is C15H16N2O4. The number of aliphatic carboxylic acids is 1. The summed E-state index contributed by atoms with van der Waals surface area (Å²) in [6.07, 6.45) is 3.06. The predicted molar refractivity (Wildman–Crippen MR) is 75.5 cm³/mol. The maximum atomic E-state index is 12.1. The number of rotatable bonds is 5. The van der Waals surface area contributed by atoms with Crippen LogP contribution in [0.1, 0.15) is 17.2 Å². The minimum atomic E-state index is -1.11. The molecule has 0 unspecified atom stereocenters. The van der Waals surface area contributed by atoms with Crippen molar-refractivity contribution in [2.75, 3.05) is 7.05 Å². The molecule has 0 fully saturated rings. The van der Waals surface area contributed by atoms with Crippen LogP contribution in [-0.2, 0) is 11.3 Å². The van der Waals surface area contributed by atoms with Crippen molar-refractivity contribution in [1.82, 2.24) is 10.2 Å². The molecular weight excluding hydrogens is 272 g/mol. The number of hydrogen-bond donors (Lipinski definition) is 2. The number of carbonyl (C=O) groups excluding carboxylic acids is 1. The Kier molecular flexibility index (Phi) is 4.61. The first-order chi connectivity index (χ1) is 10.1. The molecule has 0 bridgehead atoms. The van der Waals surface area contributed by atoms with E-state index < -0.39 is 18.0 Å². The highest BCUT2D eigenvalue weighted by atomic mass is 16.4. The van der Waals surface area contributed by atoms with Crippen LogP contribution in [0.5, 0.6) is 0 Å². The molecule has 6 nitrogen and oxygen atoms in total. The molecule has 0 saturated carbocycles. The monoisotopic (exact) mass is 288 g/mol. The van der Waals surface area contributed by atoms with Gasteiger partial charge in [-0.1, -0.05) is 30.3 Å².